The number of thioether (sulfide) groups is 1. The van der Waals surface area contributed by atoms with Crippen LogP contribution in [0.25, 0.3) is 0 Å². The molecule has 1 unspecified atom stereocenters. The minimum Gasteiger partial charge on any atom is -0.497 e. The van der Waals surface area contributed by atoms with Crippen molar-refractivity contribution in [1.82, 2.24) is 4.90 Å². The SMILES string of the molecule is COc1ccc(NC(=O)C2CCCN2C(=O)CSc2ccc(C(C)=O)cc2F)cc1. The number of hydrogen-bond donors (Lipinski definition) is 1. The lowest BCUT2D eigenvalue weighted by Crippen LogP contribution is -2.43. The van der Waals surface area contributed by atoms with Crippen LogP contribution in [0.5, 0.6) is 5.75 Å². The van der Waals surface area contributed by atoms with Crippen molar-refractivity contribution < 1.29 is 23.5 Å². The van der Waals surface area contributed by atoms with Crippen LogP contribution in [0.3, 0.4) is 0 Å². The van der Waals surface area contributed by atoms with E-state index in [1.54, 1.807) is 42.3 Å². The monoisotopic (exact) mass is 430 g/mol. The number of hydrogen-bond acceptors (Lipinski definition) is 5. The first-order valence-corrected chi connectivity index (χ1v) is 10.6. The van der Waals surface area contributed by atoms with Crippen molar-refractivity contribution in [1.29, 1.82) is 0 Å². The Labute approximate surface area is 178 Å². The van der Waals surface area contributed by atoms with Crippen molar-refractivity contribution in [2.75, 3.05) is 24.7 Å². The molecule has 8 heteroatoms. The lowest BCUT2D eigenvalue weighted by atomic mass is 10.1. The molecule has 2 amide bonds. The summed E-state index contributed by atoms with van der Waals surface area (Å²) in [7, 11) is 1.57. The molecule has 1 fully saturated rings. The van der Waals surface area contributed by atoms with E-state index in [2.05, 4.69) is 5.32 Å². The largest absolute Gasteiger partial charge is 0.497 e. The molecule has 1 heterocycles. The van der Waals surface area contributed by atoms with Crippen LogP contribution >= 0.6 is 11.8 Å². The molecule has 30 heavy (non-hydrogen) atoms. The van der Waals surface area contributed by atoms with Crippen LogP contribution in [0.4, 0.5) is 10.1 Å². The predicted molar refractivity (Wildman–Crippen MR) is 113 cm³/mol. The second-order valence-corrected chi connectivity index (χ2v) is 7.97. The van der Waals surface area contributed by atoms with Gasteiger partial charge < -0.3 is 15.0 Å². The number of carbonyl (C=O) groups is 3. The molecule has 1 saturated heterocycles. The number of methoxy groups -OCH3 is 1. The van der Waals surface area contributed by atoms with Gasteiger partial charge in [-0.1, -0.05) is 6.07 Å². The molecular formula is C22H23FN2O4S. The molecule has 0 saturated carbocycles. The molecule has 3 rings (SSSR count). The molecule has 1 aliphatic rings. The number of nitrogens with one attached hydrogen (secondary N) is 1. The number of ketones is 1. The highest BCUT2D eigenvalue weighted by atomic mass is 32.2. The maximum atomic E-state index is 14.2. The number of amides is 2. The van der Waals surface area contributed by atoms with Gasteiger partial charge in [-0.2, -0.15) is 0 Å². The first kappa shape index (κ1) is 21.8. The van der Waals surface area contributed by atoms with E-state index >= 15 is 0 Å². The Morgan fingerprint density at radius 1 is 1.20 bits per heavy atom. The summed E-state index contributed by atoms with van der Waals surface area (Å²) in [6.07, 6.45) is 1.32. The van der Waals surface area contributed by atoms with E-state index in [1.807, 2.05) is 0 Å². The third kappa shape index (κ3) is 5.18. The third-order valence-corrected chi connectivity index (χ3v) is 5.96. The van der Waals surface area contributed by atoms with E-state index < -0.39 is 11.9 Å². The maximum Gasteiger partial charge on any atom is 0.247 e. The number of halogens is 1. The van der Waals surface area contributed by atoms with Gasteiger partial charge in [0.25, 0.3) is 0 Å². The number of Topliss-reactive ketones (excluding diaryl/α,β-unsaturated/α-hetero) is 1. The molecule has 0 spiro atoms. The highest BCUT2D eigenvalue weighted by Crippen LogP contribution is 2.26. The van der Waals surface area contributed by atoms with Crippen LogP contribution in [0.2, 0.25) is 0 Å². The smallest absolute Gasteiger partial charge is 0.247 e. The van der Waals surface area contributed by atoms with Crippen molar-refractivity contribution in [2.45, 2.75) is 30.7 Å². The molecule has 158 valence electrons. The summed E-state index contributed by atoms with van der Waals surface area (Å²) < 4.78 is 19.3. The Morgan fingerprint density at radius 2 is 1.93 bits per heavy atom. The number of nitrogens with zero attached hydrogens (tertiary/aromatic N) is 1. The van der Waals surface area contributed by atoms with Crippen LogP contribution in [-0.4, -0.2) is 47.9 Å². The van der Waals surface area contributed by atoms with Gasteiger partial charge in [0.15, 0.2) is 5.78 Å². The van der Waals surface area contributed by atoms with Gasteiger partial charge in [-0.25, -0.2) is 4.39 Å². The summed E-state index contributed by atoms with van der Waals surface area (Å²) in [6, 6.07) is 10.6. The Balaban J connectivity index is 1.59. The lowest BCUT2D eigenvalue weighted by Gasteiger charge is -2.24. The number of benzene rings is 2. The van der Waals surface area contributed by atoms with Gasteiger partial charge in [-0.05, 0) is 56.2 Å². The van der Waals surface area contributed by atoms with Gasteiger partial charge in [0.2, 0.25) is 11.8 Å². The number of ether oxygens (including phenoxy) is 1. The van der Waals surface area contributed by atoms with Crippen molar-refractivity contribution in [3.8, 4) is 5.75 Å². The van der Waals surface area contributed by atoms with E-state index in [1.165, 1.54) is 19.1 Å². The van der Waals surface area contributed by atoms with Gasteiger partial charge in [0.1, 0.15) is 17.6 Å². The van der Waals surface area contributed by atoms with Crippen LogP contribution in [0, 0.1) is 5.82 Å². The second kappa shape index (κ2) is 9.75. The zero-order valence-electron chi connectivity index (χ0n) is 16.8. The fraction of sp³-hybridized carbons (Fsp3) is 0.318. The van der Waals surface area contributed by atoms with Crippen molar-refractivity contribution >= 4 is 35.0 Å². The Morgan fingerprint density at radius 3 is 2.57 bits per heavy atom. The Kier molecular flexibility index (Phi) is 7.10. The molecule has 1 atom stereocenters. The van der Waals surface area contributed by atoms with E-state index in [4.69, 9.17) is 4.74 Å². The van der Waals surface area contributed by atoms with E-state index in [0.29, 0.717) is 29.3 Å². The van der Waals surface area contributed by atoms with E-state index in [0.717, 1.165) is 18.2 Å². The molecule has 2 aromatic carbocycles. The van der Waals surface area contributed by atoms with Crippen molar-refractivity contribution in [3.05, 3.63) is 53.8 Å². The molecule has 1 aliphatic heterocycles. The molecule has 0 bridgehead atoms. The molecule has 6 nitrogen and oxygen atoms in total. The summed E-state index contributed by atoms with van der Waals surface area (Å²) in [5.74, 6) is -0.510. The number of rotatable bonds is 7. The summed E-state index contributed by atoms with van der Waals surface area (Å²) in [4.78, 5) is 38.5. The van der Waals surface area contributed by atoms with Crippen LogP contribution in [0.1, 0.15) is 30.1 Å². The summed E-state index contributed by atoms with van der Waals surface area (Å²) >= 11 is 1.06. The van der Waals surface area contributed by atoms with Crippen LogP contribution in [-0.2, 0) is 9.59 Å². The summed E-state index contributed by atoms with van der Waals surface area (Å²) in [5, 5.41) is 2.83. The predicted octanol–water partition coefficient (Wildman–Crippen LogP) is 3.76. The fourth-order valence-corrected chi connectivity index (χ4v) is 4.10. The molecule has 0 aromatic heterocycles. The first-order chi connectivity index (χ1) is 14.4. The third-order valence-electron chi connectivity index (χ3n) is 4.92. The molecule has 2 aromatic rings. The molecule has 0 radical (unpaired) electrons. The highest BCUT2D eigenvalue weighted by molar-refractivity contribution is 8.00. The highest BCUT2D eigenvalue weighted by Gasteiger charge is 2.34. The van der Waals surface area contributed by atoms with E-state index in [-0.39, 0.29) is 28.9 Å². The average molecular weight is 431 g/mol. The lowest BCUT2D eigenvalue weighted by molar-refractivity contribution is -0.134. The standard InChI is InChI=1S/C22H23FN2O4S/c1-14(26)15-5-10-20(18(23)12-15)30-13-21(27)25-11-3-4-19(25)22(28)24-16-6-8-17(29-2)9-7-16/h5-10,12,19H,3-4,11,13H2,1-2H3,(H,24,28). The van der Waals surface area contributed by atoms with Gasteiger partial charge >= 0.3 is 0 Å². The van der Waals surface area contributed by atoms with Gasteiger partial charge in [0, 0.05) is 22.7 Å². The normalized spacial score (nSPS) is 15.7. The fourth-order valence-electron chi connectivity index (χ4n) is 3.30. The summed E-state index contributed by atoms with van der Waals surface area (Å²) in [6.45, 7) is 1.86. The first-order valence-electron chi connectivity index (χ1n) is 9.56. The average Bonchev–Trinajstić information content (AvgIpc) is 3.23. The minimum atomic E-state index is -0.551. The number of likely N-dealkylation sites (tertiary alicyclic amines) is 1. The molecular weight excluding hydrogens is 407 g/mol. The van der Waals surface area contributed by atoms with Gasteiger partial charge in [-0.15, -0.1) is 11.8 Å². The van der Waals surface area contributed by atoms with Crippen molar-refractivity contribution in [3.63, 3.8) is 0 Å². The Hall–Kier alpha value is -2.87. The van der Waals surface area contributed by atoms with Crippen LogP contribution < -0.4 is 10.1 Å². The number of anilines is 1. The molecule has 1 N–H and O–H groups in total. The zero-order chi connectivity index (χ0) is 21.7. The number of carbonyl (C=O) groups excluding carboxylic acids is 3. The van der Waals surface area contributed by atoms with Crippen LogP contribution in [0.15, 0.2) is 47.4 Å². The van der Waals surface area contributed by atoms with E-state index in [9.17, 15) is 18.8 Å². The Bertz CT molecular complexity index is 949. The molecule has 0 aliphatic carbocycles. The zero-order valence-corrected chi connectivity index (χ0v) is 17.6. The maximum absolute atomic E-state index is 14.2. The summed E-state index contributed by atoms with van der Waals surface area (Å²) in [5.41, 5.74) is 0.917. The quantitative estimate of drug-likeness (QED) is 0.535. The second-order valence-electron chi connectivity index (χ2n) is 6.95. The topological polar surface area (TPSA) is 75.7 Å². The minimum absolute atomic E-state index is 0.0165. The van der Waals surface area contributed by atoms with Crippen molar-refractivity contribution in [2.24, 2.45) is 0 Å². The van der Waals surface area contributed by atoms with Gasteiger partial charge in [-0.3, -0.25) is 14.4 Å². The van der Waals surface area contributed by atoms with Gasteiger partial charge in [0.05, 0.1) is 12.9 Å².